The third-order valence-electron chi connectivity index (χ3n) is 10.4. The fraction of sp³-hybridized carbons (Fsp3) is 0.848. The van der Waals surface area contributed by atoms with Crippen LogP contribution in [0.25, 0.3) is 0 Å². The van der Waals surface area contributed by atoms with E-state index in [2.05, 4.69) is 43.5 Å². The van der Waals surface area contributed by atoms with Crippen LogP contribution >= 0.6 is 0 Å². The van der Waals surface area contributed by atoms with Gasteiger partial charge >= 0.3 is 11.9 Å². The molecule has 6 N–H and O–H groups in total. The van der Waals surface area contributed by atoms with Crippen molar-refractivity contribution in [2.24, 2.45) is 11.5 Å². The molecule has 0 radical (unpaired) electrons. The minimum atomic E-state index is -1.26. The van der Waals surface area contributed by atoms with Crippen molar-refractivity contribution in [3.63, 3.8) is 0 Å². The number of allylic oxidation sites excluding steroid dienone is 4. The number of hydrogen-bond donors (Lipinski definition) is 4. The SMILES string of the molecule is CCCCCCCC/C=C\CCCCCCCCC(CCCCCCC/C=C\CCCCCCCC)OC(=O)C(CC(=O)O)NC(=O)C(N)CCCCN. The van der Waals surface area contributed by atoms with Crippen LogP contribution in [-0.2, 0) is 19.1 Å². The van der Waals surface area contributed by atoms with Gasteiger partial charge < -0.3 is 26.6 Å². The third-order valence-corrected chi connectivity index (χ3v) is 10.4. The summed E-state index contributed by atoms with van der Waals surface area (Å²) in [4.78, 5) is 37.6. The van der Waals surface area contributed by atoms with Crippen molar-refractivity contribution in [1.29, 1.82) is 0 Å². The lowest BCUT2D eigenvalue weighted by Crippen LogP contribution is -2.50. The zero-order chi connectivity index (χ0) is 39.7. The summed E-state index contributed by atoms with van der Waals surface area (Å²) >= 11 is 0. The van der Waals surface area contributed by atoms with Gasteiger partial charge in [-0.1, -0.05) is 154 Å². The Bertz CT molecular complexity index is 924. The van der Waals surface area contributed by atoms with Crippen LogP contribution in [0.3, 0.4) is 0 Å². The largest absolute Gasteiger partial charge is 0.481 e. The van der Waals surface area contributed by atoms with E-state index < -0.39 is 36.4 Å². The molecular formula is C46H87N3O5. The zero-order valence-corrected chi connectivity index (χ0v) is 35.3. The molecule has 0 saturated carbocycles. The minimum absolute atomic E-state index is 0.286. The van der Waals surface area contributed by atoms with Crippen molar-refractivity contribution >= 4 is 17.8 Å². The molecule has 0 aliphatic rings. The van der Waals surface area contributed by atoms with E-state index >= 15 is 0 Å². The molecular weight excluding hydrogens is 675 g/mol. The van der Waals surface area contributed by atoms with Gasteiger partial charge in [-0.25, -0.2) is 4.79 Å². The highest BCUT2D eigenvalue weighted by atomic mass is 16.5. The summed E-state index contributed by atoms with van der Waals surface area (Å²) in [5, 5.41) is 12.1. The highest BCUT2D eigenvalue weighted by molar-refractivity contribution is 5.89. The van der Waals surface area contributed by atoms with Crippen LogP contribution in [0.1, 0.15) is 226 Å². The molecule has 0 fully saturated rings. The molecule has 316 valence electrons. The monoisotopic (exact) mass is 762 g/mol. The smallest absolute Gasteiger partial charge is 0.329 e. The molecule has 0 spiro atoms. The van der Waals surface area contributed by atoms with E-state index in [1.54, 1.807) is 0 Å². The zero-order valence-electron chi connectivity index (χ0n) is 35.3. The number of nitrogens with one attached hydrogen (secondary N) is 1. The number of carbonyl (C=O) groups is 3. The quantitative estimate of drug-likeness (QED) is 0.0276. The number of carboxylic acid groups (broad SMARTS) is 1. The lowest BCUT2D eigenvalue weighted by Gasteiger charge is -2.23. The van der Waals surface area contributed by atoms with Crippen LogP contribution < -0.4 is 16.8 Å². The van der Waals surface area contributed by atoms with Gasteiger partial charge in [0.2, 0.25) is 5.91 Å². The minimum Gasteiger partial charge on any atom is -0.481 e. The first-order chi connectivity index (χ1) is 26.3. The molecule has 1 amide bonds. The maximum atomic E-state index is 13.3. The fourth-order valence-electron chi connectivity index (χ4n) is 6.86. The number of esters is 1. The number of nitrogens with two attached hydrogens (primary N) is 2. The van der Waals surface area contributed by atoms with Gasteiger partial charge in [-0.15, -0.1) is 0 Å². The Labute approximate surface area is 332 Å². The lowest BCUT2D eigenvalue weighted by atomic mass is 10.0. The second kappa shape index (κ2) is 40.5. The molecule has 0 aromatic heterocycles. The molecule has 0 saturated heterocycles. The topological polar surface area (TPSA) is 145 Å². The highest BCUT2D eigenvalue weighted by Crippen LogP contribution is 2.19. The van der Waals surface area contributed by atoms with Crippen LogP contribution in [0.15, 0.2) is 24.3 Å². The number of carbonyl (C=O) groups excluding carboxylic acids is 2. The van der Waals surface area contributed by atoms with E-state index in [1.807, 2.05) is 0 Å². The second-order valence-corrected chi connectivity index (χ2v) is 15.7. The predicted molar refractivity (Wildman–Crippen MR) is 228 cm³/mol. The number of aliphatic carboxylic acids is 1. The van der Waals surface area contributed by atoms with Crippen molar-refractivity contribution in [3.8, 4) is 0 Å². The molecule has 0 aliphatic heterocycles. The first-order valence-corrected chi connectivity index (χ1v) is 22.8. The number of amides is 1. The van der Waals surface area contributed by atoms with Gasteiger partial charge in [0.1, 0.15) is 12.1 Å². The molecule has 54 heavy (non-hydrogen) atoms. The van der Waals surface area contributed by atoms with Gasteiger partial charge in [-0.2, -0.15) is 0 Å². The normalized spacial score (nSPS) is 13.4. The number of rotatable bonds is 41. The molecule has 8 nitrogen and oxygen atoms in total. The molecule has 3 unspecified atom stereocenters. The van der Waals surface area contributed by atoms with Crippen LogP contribution in [0, 0.1) is 0 Å². The van der Waals surface area contributed by atoms with E-state index in [0.29, 0.717) is 19.4 Å². The van der Waals surface area contributed by atoms with Crippen molar-refractivity contribution in [2.75, 3.05) is 6.54 Å². The third kappa shape index (κ3) is 35.5. The summed E-state index contributed by atoms with van der Waals surface area (Å²) in [5.41, 5.74) is 11.6. The van der Waals surface area contributed by atoms with Gasteiger partial charge in [0, 0.05) is 0 Å². The first kappa shape index (κ1) is 51.8. The van der Waals surface area contributed by atoms with Crippen molar-refractivity contribution in [2.45, 2.75) is 244 Å². The standard InChI is InChI=1S/C46H87N3O5/c1-3-5-7-9-11-13-15-17-19-21-23-25-27-29-31-33-37-41(36-32-30-28-26-24-22-20-18-16-14-12-10-8-6-4-2)54-46(53)43(40-44(50)51)49-45(52)42(48)38-34-35-39-47/h17-20,41-43H,3-16,21-40,47-48H2,1-2H3,(H,49,52)(H,50,51)/b19-17-,20-18-. The fourth-order valence-corrected chi connectivity index (χ4v) is 6.86. The van der Waals surface area contributed by atoms with Crippen molar-refractivity contribution < 1.29 is 24.2 Å². The molecule has 3 atom stereocenters. The summed E-state index contributed by atoms with van der Waals surface area (Å²) in [6.45, 7) is 5.03. The van der Waals surface area contributed by atoms with E-state index in [0.717, 1.165) is 70.6 Å². The van der Waals surface area contributed by atoms with Crippen LogP contribution in [0.2, 0.25) is 0 Å². The Morgan fingerprint density at radius 3 is 1.31 bits per heavy atom. The summed E-state index contributed by atoms with van der Waals surface area (Å²) in [6.07, 6.45) is 45.3. The molecule has 0 bridgehead atoms. The van der Waals surface area contributed by atoms with Gasteiger partial charge in [0.15, 0.2) is 0 Å². The predicted octanol–water partition coefficient (Wildman–Crippen LogP) is 11.8. The van der Waals surface area contributed by atoms with Crippen molar-refractivity contribution in [3.05, 3.63) is 24.3 Å². The molecule has 0 rings (SSSR count). The van der Waals surface area contributed by atoms with Crippen LogP contribution in [-0.4, -0.2) is 47.7 Å². The van der Waals surface area contributed by atoms with Crippen molar-refractivity contribution in [1.82, 2.24) is 5.32 Å². The molecule has 0 aliphatic carbocycles. The molecule has 0 heterocycles. The number of unbranched alkanes of at least 4 members (excludes halogenated alkanes) is 24. The maximum Gasteiger partial charge on any atom is 0.329 e. The molecule has 0 aromatic carbocycles. The summed E-state index contributed by atoms with van der Waals surface area (Å²) in [7, 11) is 0. The van der Waals surface area contributed by atoms with E-state index in [-0.39, 0.29) is 6.10 Å². The summed E-state index contributed by atoms with van der Waals surface area (Å²) in [6, 6.07) is -2.08. The average molecular weight is 762 g/mol. The Morgan fingerprint density at radius 2 is 0.926 bits per heavy atom. The van der Waals surface area contributed by atoms with Gasteiger partial charge in [0.05, 0.1) is 12.5 Å². The Balaban J connectivity index is 4.69. The van der Waals surface area contributed by atoms with Crippen LogP contribution in [0.5, 0.6) is 0 Å². The second-order valence-electron chi connectivity index (χ2n) is 15.7. The van der Waals surface area contributed by atoms with Crippen LogP contribution in [0.4, 0.5) is 0 Å². The highest BCUT2D eigenvalue weighted by Gasteiger charge is 2.29. The van der Waals surface area contributed by atoms with Gasteiger partial charge in [-0.05, 0) is 96.4 Å². The average Bonchev–Trinajstić information content (AvgIpc) is 3.15. The molecule has 8 heteroatoms. The maximum absolute atomic E-state index is 13.3. The number of hydrogen-bond acceptors (Lipinski definition) is 6. The van der Waals surface area contributed by atoms with E-state index in [1.165, 1.54) is 122 Å². The summed E-state index contributed by atoms with van der Waals surface area (Å²) in [5.74, 6) is -2.38. The Hall–Kier alpha value is -2.19. The van der Waals surface area contributed by atoms with E-state index in [9.17, 15) is 19.5 Å². The first-order valence-electron chi connectivity index (χ1n) is 22.8. The lowest BCUT2D eigenvalue weighted by molar-refractivity contribution is -0.156. The van der Waals surface area contributed by atoms with Gasteiger partial charge in [-0.3, -0.25) is 9.59 Å². The van der Waals surface area contributed by atoms with E-state index in [4.69, 9.17) is 16.2 Å². The number of ether oxygens (including phenoxy) is 1. The number of carboxylic acids is 1. The molecule has 0 aromatic rings. The Kier molecular flexibility index (Phi) is 38.8. The summed E-state index contributed by atoms with van der Waals surface area (Å²) < 4.78 is 5.95. The van der Waals surface area contributed by atoms with Gasteiger partial charge in [0.25, 0.3) is 0 Å². The Morgan fingerprint density at radius 1 is 0.556 bits per heavy atom.